The van der Waals surface area contributed by atoms with Crippen LogP contribution in [0.5, 0.6) is 0 Å². The Bertz CT molecular complexity index is 509. The molecule has 1 atom stereocenters. The SMILES string of the molecule is Cc1cc(NC(=O)CC(N)C2CC2)ccc1C(=O)O. The Kier molecular flexibility index (Phi) is 3.85. The fourth-order valence-electron chi connectivity index (χ4n) is 2.10. The maximum Gasteiger partial charge on any atom is 0.335 e. The summed E-state index contributed by atoms with van der Waals surface area (Å²) in [6.07, 6.45) is 2.53. The van der Waals surface area contributed by atoms with Gasteiger partial charge in [0.05, 0.1) is 5.56 Å². The molecule has 0 radical (unpaired) electrons. The first-order chi connectivity index (χ1) is 8.97. The van der Waals surface area contributed by atoms with Gasteiger partial charge in [-0.05, 0) is 49.4 Å². The van der Waals surface area contributed by atoms with Crippen LogP contribution >= 0.6 is 0 Å². The Morgan fingerprint density at radius 2 is 2.16 bits per heavy atom. The number of benzene rings is 1. The van der Waals surface area contributed by atoms with Gasteiger partial charge in [-0.3, -0.25) is 4.79 Å². The molecule has 4 N–H and O–H groups in total. The fourth-order valence-corrected chi connectivity index (χ4v) is 2.10. The first kappa shape index (κ1) is 13.5. The third-order valence-electron chi connectivity index (χ3n) is 3.39. The van der Waals surface area contributed by atoms with E-state index in [0.717, 1.165) is 12.8 Å². The highest BCUT2D eigenvalue weighted by atomic mass is 16.4. The molecular formula is C14H18N2O3. The maximum absolute atomic E-state index is 11.8. The molecule has 0 heterocycles. The van der Waals surface area contributed by atoms with E-state index in [1.165, 1.54) is 6.07 Å². The van der Waals surface area contributed by atoms with E-state index in [9.17, 15) is 9.59 Å². The van der Waals surface area contributed by atoms with Crippen molar-refractivity contribution in [2.75, 3.05) is 5.32 Å². The van der Waals surface area contributed by atoms with Gasteiger partial charge < -0.3 is 16.2 Å². The number of hydrogen-bond donors (Lipinski definition) is 3. The van der Waals surface area contributed by atoms with Gasteiger partial charge in [0.15, 0.2) is 0 Å². The van der Waals surface area contributed by atoms with Gasteiger partial charge in [0, 0.05) is 18.2 Å². The van der Waals surface area contributed by atoms with Crippen LogP contribution in [0.25, 0.3) is 0 Å². The lowest BCUT2D eigenvalue weighted by molar-refractivity contribution is -0.116. The average molecular weight is 262 g/mol. The summed E-state index contributed by atoms with van der Waals surface area (Å²) in [5.74, 6) is -0.602. The number of carbonyl (C=O) groups is 2. The molecule has 1 aliphatic rings. The van der Waals surface area contributed by atoms with E-state index in [1.54, 1.807) is 19.1 Å². The predicted octanol–water partition coefficient (Wildman–Crippen LogP) is 1.76. The molecule has 1 unspecified atom stereocenters. The standard InChI is InChI=1S/C14H18N2O3/c1-8-6-10(4-5-11(8)14(18)19)16-13(17)7-12(15)9-2-3-9/h4-6,9,12H,2-3,7,15H2,1H3,(H,16,17)(H,18,19). The molecule has 1 aliphatic carbocycles. The summed E-state index contributed by atoms with van der Waals surface area (Å²) in [6, 6.07) is 4.68. The Labute approximate surface area is 111 Å². The first-order valence-electron chi connectivity index (χ1n) is 6.36. The lowest BCUT2D eigenvalue weighted by atomic mass is 10.1. The molecule has 1 amide bonds. The Hall–Kier alpha value is -1.88. The van der Waals surface area contributed by atoms with Gasteiger partial charge in [0.2, 0.25) is 5.91 Å². The van der Waals surface area contributed by atoms with Crippen LogP contribution in [0.3, 0.4) is 0 Å². The monoisotopic (exact) mass is 262 g/mol. The van der Waals surface area contributed by atoms with Crippen LogP contribution in [0, 0.1) is 12.8 Å². The van der Waals surface area contributed by atoms with Crippen molar-refractivity contribution >= 4 is 17.6 Å². The van der Waals surface area contributed by atoms with Gasteiger partial charge >= 0.3 is 5.97 Å². The maximum atomic E-state index is 11.8. The molecule has 0 aliphatic heterocycles. The molecule has 1 saturated carbocycles. The molecule has 1 aromatic carbocycles. The zero-order chi connectivity index (χ0) is 14.0. The molecule has 1 fully saturated rings. The van der Waals surface area contributed by atoms with Crippen LogP contribution in [0.2, 0.25) is 0 Å². The Morgan fingerprint density at radius 1 is 1.47 bits per heavy atom. The highest BCUT2D eigenvalue weighted by molar-refractivity contribution is 5.93. The van der Waals surface area contributed by atoms with Gasteiger partial charge in [0.1, 0.15) is 0 Å². The van der Waals surface area contributed by atoms with E-state index in [2.05, 4.69) is 5.32 Å². The molecule has 102 valence electrons. The number of anilines is 1. The lowest BCUT2D eigenvalue weighted by Crippen LogP contribution is -2.28. The normalized spacial score (nSPS) is 15.9. The predicted molar refractivity (Wildman–Crippen MR) is 72.1 cm³/mol. The second-order valence-electron chi connectivity index (χ2n) is 5.09. The number of amides is 1. The van der Waals surface area contributed by atoms with E-state index < -0.39 is 5.97 Å². The van der Waals surface area contributed by atoms with Crippen LogP contribution < -0.4 is 11.1 Å². The summed E-state index contributed by atoms with van der Waals surface area (Å²) in [4.78, 5) is 22.7. The van der Waals surface area contributed by atoms with Gasteiger partial charge in [-0.25, -0.2) is 4.79 Å². The van der Waals surface area contributed by atoms with Crippen molar-refractivity contribution in [1.82, 2.24) is 0 Å². The average Bonchev–Trinajstić information content (AvgIpc) is 3.11. The van der Waals surface area contributed by atoms with E-state index in [-0.39, 0.29) is 17.5 Å². The highest BCUT2D eigenvalue weighted by Gasteiger charge is 2.29. The third-order valence-corrected chi connectivity index (χ3v) is 3.39. The number of aromatic carboxylic acids is 1. The fraction of sp³-hybridized carbons (Fsp3) is 0.429. The van der Waals surface area contributed by atoms with E-state index in [0.29, 0.717) is 23.6 Å². The molecule has 0 spiro atoms. The minimum atomic E-state index is -0.967. The zero-order valence-electron chi connectivity index (χ0n) is 10.8. The van der Waals surface area contributed by atoms with Crippen molar-refractivity contribution in [2.24, 2.45) is 11.7 Å². The van der Waals surface area contributed by atoms with Gasteiger partial charge in [0.25, 0.3) is 0 Å². The molecule has 0 saturated heterocycles. The van der Waals surface area contributed by atoms with Crippen molar-refractivity contribution in [1.29, 1.82) is 0 Å². The number of hydrogen-bond acceptors (Lipinski definition) is 3. The summed E-state index contributed by atoms with van der Waals surface area (Å²) in [7, 11) is 0. The Morgan fingerprint density at radius 3 is 2.68 bits per heavy atom. The largest absolute Gasteiger partial charge is 0.478 e. The smallest absolute Gasteiger partial charge is 0.335 e. The third kappa shape index (κ3) is 3.54. The van der Waals surface area contributed by atoms with Crippen LogP contribution in [-0.2, 0) is 4.79 Å². The summed E-state index contributed by atoms with van der Waals surface area (Å²) in [5.41, 5.74) is 7.36. The molecular weight excluding hydrogens is 244 g/mol. The molecule has 19 heavy (non-hydrogen) atoms. The van der Waals surface area contributed by atoms with E-state index in [1.807, 2.05) is 0 Å². The molecule has 0 aromatic heterocycles. The van der Waals surface area contributed by atoms with Crippen molar-refractivity contribution in [3.8, 4) is 0 Å². The van der Waals surface area contributed by atoms with E-state index in [4.69, 9.17) is 10.8 Å². The number of rotatable bonds is 5. The molecule has 2 rings (SSSR count). The van der Waals surface area contributed by atoms with Gasteiger partial charge in [-0.15, -0.1) is 0 Å². The van der Waals surface area contributed by atoms with Crippen molar-refractivity contribution in [2.45, 2.75) is 32.2 Å². The summed E-state index contributed by atoms with van der Waals surface area (Å²) >= 11 is 0. The van der Waals surface area contributed by atoms with Gasteiger partial charge in [-0.2, -0.15) is 0 Å². The number of carboxylic acid groups (broad SMARTS) is 1. The first-order valence-corrected chi connectivity index (χ1v) is 6.36. The summed E-state index contributed by atoms with van der Waals surface area (Å²) in [5, 5.41) is 11.7. The van der Waals surface area contributed by atoms with Crippen LogP contribution in [0.15, 0.2) is 18.2 Å². The molecule has 5 heteroatoms. The number of nitrogens with two attached hydrogens (primary N) is 1. The quantitative estimate of drug-likeness (QED) is 0.753. The highest BCUT2D eigenvalue weighted by Crippen LogP contribution is 2.32. The summed E-state index contributed by atoms with van der Waals surface area (Å²) in [6.45, 7) is 1.70. The number of carbonyl (C=O) groups excluding carboxylic acids is 1. The minimum Gasteiger partial charge on any atom is -0.478 e. The summed E-state index contributed by atoms with van der Waals surface area (Å²) < 4.78 is 0. The number of nitrogens with one attached hydrogen (secondary N) is 1. The molecule has 5 nitrogen and oxygen atoms in total. The zero-order valence-corrected chi connectivity index (χ0v) is 10.8. The Balaban J connectivity index is 1.96. The van der Waals surface area contributed by atoms with Crippen LogP contribution in [0.1, 0.15) is 35.2 Å². The lowest BCUT2D eigenvalue weighted by Gasteiger charge is -2.11. The second-order valence-corrected chi connectivity index (χ2v) is 5.09. The topological polar surface area (TPSA) is 92.4 Å². The van der Waals surface area contributed by atoms with E-state index >= 15 is 0 Å². The van der Waals surface area contributed by atoms with Crippen LogP contribution in [0.4, 0.5) is 5.69 Å². The molecule has 0 bridgehead atoms. The van der Waals surface area contributed by atoms with Crippen LogP contribution in [-0.4, -0.2) is 23.0 Å². The minimum absolute atomic E-state index is 0.0700. The van der Waals surface area contributed by atoms with Crippen molar-refractivity contribution in [3.63, 3.8) is 0 Å². The number of aryl methyl sites for hydroxylation is 1. The number of carboxylic acids is 1. The van der Waals surface area contributed by atoms with Crippen molar-refractivity contribution < 1.29 is 14.7 Å². The molecule has 1 aromatic rings. The van der Waals surface area contributed by atoms with Crippen molar-refractivity contribution in [3.05, 3.63) is 29.3 Å². The second kappa shape index (κ2) is 5.40. The van der Waals surface area contributed by atoms with Gasteiger partial charge in [-0.1, -0.05) is 0 Å².